The van der Waals surface area contributed by atoms with Gasteiger partial charge in [0, 0.05) is 12.0 Å². The molecular formula is C17H22N2. The molecule has 2 aromatic carbocycles. The van der Waals surface area contributed by atoms with Crippen LogP contribution in [0.2, 0.25) is 0 Å². The number of rotatable bonds is 4. The zero-order valence-corrected chi connectivity index (χ0v) is 11.9. The van der Waals surface area contributed by atoms with Crippen molar-refractivity contribution in [1.29, 1.82) is 0 Å². The Labute approximate surface area is 115 Å². The number of anilines is 2. The monoisotopic (exact) mass is 254 g/mol. The van der Waals surface area contributed by atoms with Gasteiger partial charge < -0.3 is 11.1 Å². The Morgan fingerprint density at radius 3 is 2.32 bits per heavy atom. The van der Waals surface area contributed by atoms with E-state index in [4.69, 9.17) is 5.73 Å². The first-order valence-corrected chi connectivity index (χ1v) is 6.65. The van der Waals surface area contributed by atoms with Crippen molar-refractivity contribution in [2.45, 2.75) is 26.2 Å². The summed E-state index contributed by atoms with van der Waals surface area (Å²) in [6.45, 7) is 7.41. The number of para-hydroxylation sites is 1. The zero-order valence-electron chi connectivity index (χ0n) is 11.9. The minimum atomic E-state index is 0.0655. The predicted molar refractivity (Wildman–Crippen MR) is 83.5 cm³/mol. The lowest BCUT2D eigenvalue weighted by Crippen LogP contribution is -2.28. The molecule has 100 valence electrons. The molecule has 0 fully saturated rings. The minimum absolute atomic E-state index is 0.0655. The summed E-state index contributed by atoms with van der Waals surface area (Å²) in [6, 6.07) is 16.5. The van der Waals surface area contributed by atoms with Gasteiger partial charge in [-0.25, -0.2) is 0 Å². The minimum Gasteiger partial charge on any atom is -0.397 e. The predicted octanol–water partition coefficient (Wildman–Crippen LogP) is 3.97. The van der Waals surface area contributed by atoms with Gasteiger partial charge in [-0.3, -0.25) is 0 Å². The fourth-order valence-corrected chi connectivity index (χ4v) is 2.23. The molecule has 0 aliphatic rings. The van der Waals surface area contributed by atoms with Crippen LogP contribution in [0.25, 0.3) is 0 Å². The molecule has 0 atom stereocenters. The van der Waals surface area contributed by atoms with E-state index in [-0.39, 0.29) is 5.41 Å². The lowest BCUT2D eigenvalue weighted by Gasteiger charge is -2.27. The van der Waals surface area contributed by atoms with E-state index < -0.39 is 0 Å². The van der Waals surface area contributed by atoms with Gasteiger partial charge in [0.2, 0.25) is 0 Å². The fourth-order valence-electron chi connectivity index (χ4n) is 2.23. The molecule has 0 unspecified atom stereocenters. The lowest BCUT2D eigenvalue weighted by atomic mass is 9.84. The number of nitrogen functional groups attached to an aromatic ring is 1. The number of aryl methyl sites for hydroxylation is 1. The van der Waals surface area contributed by atoms with Gasteiger partial charge in [0.1, 0.15) is 0 Å². The van der Waals surface area contributed by atoms with E-state index in [0.29, 0.717) is 0 Å². The van der Waals surface area contributed by atoms with Gasteiger partial charge in [-0.05, 0) is 24.1 Å². The summed E-state index contributed by atoms with van der Waals surface area (Å²) in [4.78, 5) is 0. The van der Waals surface area contributed by atoms with Crippen LogP contribution in [0.4, 0.5) is 11.4 Å². The molecule has 0 bridgehead atoms. The van der Waals surface area contributed by atoms with Crippen molar-refractivity contribution in [1.82, 2.24) is 0 Å². The van der Waals surface area contributed by atoms with Crippen molar-refractivity contribution < 1.29 is 0 Å². The number of hydrogen-bond donors (Lipinski definition) is 2. The molecule has 0 heterocycles. The maximum absolute atomic E-state index is 6.03. The van der Waals surface area contributed by atoms with Crippen LogP contribution in [0.1, 0.15) is 25.0 Å². The molecule has 2 heteroatoms. The summed E-state index contributed by atoms with van der Waals surface area (Å²) in [5.74, 6) is 0. The Morgan fingerprint density at radius 1 is 1.00 bits per heavy atom. The van der Waals surface area contributed by atoms with Gasteiger partial charge in [-0.15, -0.1) is 0 Å². The Bertz CT molecular complexity index is 524. The Morgan fingerprint density at radius 2 is 1.68 bits per heavy atom. The Kier molecular flexibility index (Phi) is 3.79. The molecule has 0 spiro atoms. The van der Waals surface area contributed by atoms with Crippen LogP contribution >= 0.6 is 0 Å². The van der Waals surface area contributed by atoms with Gasteiger partial charge >= 0.3 is 0 Å². The molecule has 2 rings (SSSR count). The highest BCUT2D eigenvalue weighted by atomic mass is 14.9. The van der Waals surface area contributed by atoms with E-state index in [1.807, 2.05) is 18.2 Å². The molecule has 19 heavy (non-hydrogen) atoms. The summed E-state index contributed by atoms with van der Waals surface area (Å²) in [6.07, 6.45) is 0. The molecule has 0 saturated heterocycles. The van der Waals surface area contributed by atoms with Gasteiger partial charge in [-0.2, -0.15) is 0 Å². The highest BCUT2D eigenvalue weighted by Gasteiger charge is 2.20. The number of benzene rings is 2. The summed E-state index contributed by atoms with van der Waals surface area (Å²) in [5.41, 5.74) is 10.5. The number of nitrogens with two attached hydrogens (primary N) is 1. The Hall–Kier alpha value is -1.96. The van der Waals surface area contributed by atoms with Gasteiger partial charge in [0.15, 0.2) is 0 Å². The summed E-state index contributed by atoms with van der Waals surface area (Å²) >= 11 is 0. The third-order valence-electron chi connectivity index (χ3n) is 3.57. The maximum Gasteiger partial charge on any atom is 0.0603 e. The molecule has 0 radical (unpaired) electrons. The van der Waals surface area contributed by atoms with E-state index in [2.05, 4.69) is 56.4 Å². The molecule has 0 aliphatic heterocycles. The molecule has 0 aliphatic carbocycles. The van der Waals surface area contributed by atoms with E-state index in [9.17, 15) is 0 Å². The van der Waals surface area contributed by atoms with E-state index in [1.165, 1.54) is 11.1 Å². The average Bonchev–Trinajstić information content (AvgIpc) is 2.39. The van der Waals surface area contributed by atoms with Crippen LogP contribution in [0.3, 0.4) is 0 Å². The van der Waals surface area contributed by atoms with Crippen molar-refractivity contribution in [2.24, 2.45) is 0 Å². The van der Waals surface area contributed by atoms with Gasteiger partial charge in [-0.1, -0.05) is 56.3 Å². The zero-order chi connectivity index (χ0) is 13.9. The number of hydrogen-bond acceptors (Lipinski definition) is 2. The molecule has 0 aromatic heterocycles. The first kappa shape index (κ1) is 13.5. The van der Waals surface area contributed by atoms with E-state index in [0.717, 1.165) is 17.9 Å². The quantitative estimate of drug-likeness (QED) is 0.810. The van der Waals surface area contributed by atoms with Crippen molar-refractivity contribution in [3.8, 4) is 0 Å². The maximum atomic E-state index is 6.03. The summed E-state index contributed by atoms with van der Waals surface area (Å²) in [5, 5.41) is 3.49. The second kappa shape index (κ2) is 5.35. The third kappa shape index (κ3) is 3.08. The first-order chi connectivity index (χ1) is 9.00. The van der Waals surface area contributed by atoms with Crippen LogP contribution in [0.5, 0.6) is 0 Å². The van der Waals surface area contributed by atoms with Crippen LogP contribution < -0.4 is 11.1 Å². The highest BCUT2D eigenvalue weighted by Crippen LogP contribution is 2.27. The smallest absolute Gasteiger partial charge is 0.0603 e. The van der Waals surface area contributed by atoms with Crippen molar-refractivity contribution in [3.05, 3.63) is 59.7 Å². The molecule has 3 N–H and O–H groups in total. The SMILES string of the molecule is Cc1cccc(N)c1NCC(C)(C)c1ccccc1. The average molecular weight is 254 g/mol. The van der Waals surface area contributed by atoms with Gasteiger partial charge in [0.05, 0.1) is 11.4 Å². The first-order valence-electron chi connectivity index (χ1n) is 6.65. The second-order valence-electron chi connectivity index (χ2n) is 5.64. The van der Waals surface area contributed by atoms with E-state index >= 15 is 0 Å². The molecule has 0 saturated carbocycles. The summed E-state index contributed by atoms with van der Waals surface area (Å²) in [7, 11) is 0. The highest BCUT2D eigenvalue weighted by molar-refractivity contribution is 5.70. The molecular weight excluding hydrogens is 232 g/mol. The van der Waals surface area contributed by atoms with E-state index in [1.54, 1.807) is 0 Å². The lowest BCUT2D eigenvalue weighted by molar-refractivity contribution is 0.557. The van der Waals surface area contributed by atoms with Crippen molar-refractivity contribution in [3.63, 3.8) is 0 Å². The molecule has 2 nitrogen and oxygen atoms in total. The van der Waals surface area contributed by atoms with Crippen molar-refractivity contribution in [2.75, 3.05) is 17.6 Å². The molecule has 2 aromatic rings. The fraction of sp³-hybridized carbons (Fsp3) is 0.294. The van der Waals surface area contributed by atoms with Crippen LogP contribution in [-0.4, -0.2) is 6.54 Å². The summed E-state index contributed by atoms with van der Waals surface area (Å²) < 4.78 is 0. The Balaban J connectivity index is 2.14. The van der Waals surface area contributed by atoms with Gasteiger partial charge in [0.25, 0.3) is 0 Å². The van der Waals surface area contributed by atoms with Crippen LogP contribution in [-0.2, 0) is 5.41 Å². The second-order valence-corrected chi connectivity index (χ2v) is 5.64. The largest absolute Gasteiger partial charge is 0.397 e. The standard InChI is InChI=1S/C17H22N2/c1-13-8-7-11-15(18)16(13)19-12-17(2,3)14-9-5-4-6-10-14/h4-11,19H,12,18H2,1-3H3. The third-order valence-corrected chi connectivity index (χ3v) is 3.57. The van der Waals surface area contributed by atoms with Crippen LogP contribution in [0.15, 0.2) is 48.5 Å². The topological polar surface area (TPSA) is 38.0 Å². The van der Waals surface area contributed by atoms with Crippen molar-refractivity contribution >= 4 is 11.4 Å². The number of nitrogens with one attached hydrogen (secondary N) is 1. The normalized spacial score (nSPS) is 11.3. The van der Waals surface area contributed by atoms with Crippen LogP contribution in [0, 0.1) is 6.92 Å². The molecule has 0 amide bonds.